The zero-order valence-corrected chi connectivity index (χ0v) is 10.9. The molecule has 0 saturated heterocycles. The van der Waals surface area contributed by atoms with Crippen LogP contribution >= 0.6 is 11.8 Å². The molecule has 4 atom stereocenters. The van der Waals surface area contributed by atoms with E-state index in [2.05, 4.69) is 4.74 Å². The molecule has 0 aliphatic carbocycles. The van der Waals surface area contributed by atoms with Gasteiger partial charge in [0.2, 0.25) is 0 Å². The second kappa shape index (κ2) is 9.29. The lowest BCUT2D eigenvalue weighted by molar-refractivity contribution is -0.165. The second-order valence-electron chi connectivity index (χ2n) is 3.67. The third-order valence-corrected chi connectivity index (χ3v) is 2.88. The van der Waals surface area contributed by atoms with E-state index in [0.717, 1.165) is 0 Å². The van der Waals surface area contributed by atoms with Gasteiger partial charge < -0.3 is 25.8 Å². The van der Waals surface area contributed by atoms with Crippen molar-refractivity contribution in [3.8, 4) is 0 Å². The molecule has 0 aliphatic heterocycles. The van der Waals surface area contributed by atoms with Gasteiger partial charge in [0.15, 0.2) is 12.4 Å². The molecule has 18 heavy (non-hydrogen) atoms. The van der Waals surface area contributed by atoms with Gasteiger partial charge in [-0.05, 0) is 18.4 Å². The summed E-state index contributed by atoms with van der Waals surface area (Å²) in [5.74, 6) is -0.172. The van der Waals surface area contributed by atoms with Gasteiger partial charge in [-0.2, -0.15) is 11.8 Å². The van der Waals surface area contributed by atoms with Crippen molar-refractivity contribution < 1.29 is 29.6 Å². The van der Waals surface area contributed by atoms with Crippen LogP contribution in [0.5, 0.6) is 0 Å². The SMILES string of the molecule is CSCC[C@H](N)C(=O)O[C@@H](C=O)[C@H](O)[C@H](O)CO. The lowest BCUT2D eigenvalue weighted by Gasteiger charge is -2.22. The summed E-state index contributed by atoms with van der Waals surface area (Å²) in [6.45, 7) is -0.748. The Morgan fingerprint density at radius 2 is 2.11 bits per heavy atom. The third-order valence-electron chi connectivity index (χ3n) is 2.24. The number of esters is 1. The topological polar surface area (TPSA) is 130 Å². The van der Waals surface area contributed by atoms with Gasteiger partial charge in [-0.1, -0.05) is 0 Å². The van der Waals surface area contributed by atoms with Crippen LogP contribution < -0.4 is 5.73 Å². The summed E-state index contributed by atoms with van der Waals surface area (Å²) in [5.41, 5.74) is 5.52. The molecule has 0 unspecified atom stereocenters. The van der Waals surface area contributed by atoms with Crippen molar-refractivity contribution in [1.82, 2.24) is 0 Å². The molecule has 0 aromatic heterocycles. The first-order valence-electron chi connectivity index (χ1n) is 5.35. The summed E-state index contributed by atoms with van der Waals surface area (Å²) in [6, 6.07) is -0.890. The van der Waals surface area contributed by atoms with Crippen molar-refractivity contribution in [2.75, 3.05) is 18.6 Å². The zero-order valence-electron chi connectivity index (χ0n) is 10.1. The minimum Gasteiger partial charge on any atom is -0.451 e. The van der Waals surface area contributed by atoms with E-state index in [0.29, 0.717) is 12.2 Å². The molecule has 0 fully saturated rings. The number of hydrogen-bond acceptors (Lipinski definition) is 8. The van der Waals surface area contributed by atoms with Crippen molar-refractivity contribution in [3.05, 3.63) is 0 Å². The van der Waals surface area contributed by atoms with Crippen LogP contribution in [0.4, 0.5) is 0 Å². The number of carbonyl (C=O) groups excluding carboxylic acids is 2. The van der Waals surface area contributed by atoms with Gasteiger partial charge in [0.1, 0.15) is 18.2 Å². The van der Waals surface area contributed by atoms with Crippen molar-refractivity contribution in [2.45, 2.75) is 30.8 Å². The fourth-order valence-electron chi connectivity index (χ4n) is 1.09. The number of carbonyl (C=O) groups is 2. The smallest absolute Gasteiger partial charge is 0.323 e. The van der Waals surface area contributed by atoms with Gasteiger partial charge in [0.25, 0.3) is 0 Å². The van der Waals surface area contributed by atoms with Crippen LogP contribution in [0, 0.1) is 0 Å². The van der Waals surface area contributed by atoms with E-state index in [1.165, 1.54) is 11.8 Å². The number of rotatable bonds is 9. The maximum Gasteiger partial charge on any atom is 0.323 e. The highest BCUT2D eigenvalue weighted by Crippen LogP contribution is 2.06. The van der Waals surface area contributed by atoms with E-state index in [4.69, 9.17) is 15.9 Å². The van der Waals surface area contributed by atoms with Crippen LogP contribution in [-0.2, 0) is 14.3 Å². The monoisotopic (exact) mass is 281 g/mol. The number of aliphatic hydroxyl groups is 3. The van der Waals surface area contributed by atoms with E-state index < -0.39 is 36.9 Å². The predicted molar refractivity (Wildman–Crippen MR) is 66.0 cm³/mol. The average molecular weight is 281 g/mol. The molecule has 0 bridgehead atoms. The highest BCUT2D eigenvalue weighted by molar-refractivity contribution is 7.98. The molecular formula is C10H19NO6S. The predicted octanol–water partition coefficient (Wildman–Crippen LogP) is -2.11. The molecule has 0 saturated carbocycles. The quantitative estimate of drug-likeness (QED) is 0.279. The summed E-state index contributed by atoms with van der Waals surface area (Å²) in [4.78, 5) is 22.1. The van der Waals surface area contributed by atoms with Gasteiger partial charge in [0, 0.05) is 0 Å². The molecule has 0 radical (unpaired) electrons. The summed E-state index contributed by atoms with van der Waals surface area (Å²) in [6.07, 6.45) is -2.36. The molecular weight excluding hydrogens is 262 g/mol. The Morgan fingerprint density at radius 1 is 1.50 bits per heavy atom. The van der Waals surface area contributed by atoms with Gasteiger partial charge >= 0.3 is 5.97 Å². The normalized spacial score (nSPS) is 17.6. The summed E-state index contributed by atoms with van der Waals surface area (Å²) in [5, 5.41) is 27.2. The Kier molecular flexibility index (Phi) is 8.94. The third kappa shape index (κ3) is 5.78. The maximum absolute atomic E-state index is 11.5. The van der Waals surface area contributed by atoms with Gasteiger partial charge in [-0.15, -0.1) is 0 Å². The van der Waals surface area contributed by atoms with Crippen LogP contribution in [0.1, 0.15) is 6.42 Å². The van der Waals surface area contributed by atoms with E-state index >= 15 is 0 Å². The molecule has 0 aliphatic rings. The summed E-state index contributed by atoms with van der Waals surface area (Å²) < 4.78 is 4.68. The van der Waals surface area contributed by atoms with Crippen LogP contribution in [0.2, 0.25) is 0 Å². The lowest BCUT2D eigenvalue weighted by atomic mass is 10.1. The highest BCUT2D eigenvalue weighted by Gasteiger charge is 2.30. The number of hydrogen-bond donors (Lipinski definition) is 4. The molecule has 0 rings (SSSR count). The zero-order chi connectivity index (χ0) is 14.1. The van der Waals surface area contributed by atoms with Gasteiger partial charge in [-0.25, -0.2) is 0 Å². The molecule has 0 aromatic carbocycles. The largest absolute Gasteiger partial charge is 0.451 e. The molecule has 0 spiro atoms. The number of thioether (sulfide) groups is 1. The molecule has 0 heterocycles. The van der Waals surface area contributed by atoms with Crippen LogP contribution in [0.15, 0.2) is 0 Å². The fourth-order valence-corrected chi connectivity index (χ4v) is 1.58. The second-order valence-corrected chi connectivity index (χ2v) is 4.65. The Balaban J connectivity index is 4.35. The maximum atomic E-state index is 11.5. The van der Waals surface area contributed by atoms with E-state index in [9.17, 15) is 14.7 Å². The van der Waals surface area contributed by atoms with Crippen molar-refractivity contribution in [3.63, 3.8) is 0 Å². The number of ether oxygens (including phenoxy) is 1. The van der Waals surface area contributed by atoms with E-state index in [-0.39, 0.29) is 6.29 Å². The molecule has 7 nitrogen and oxygen atoms in total. The minimum absolute atomic E-state index is 0.183. The highest BCUT2D eigenvalue weighted by atomic mass is 32.2. The van der Waals surface area contributed by atoms with Gasteiger partial charge in [0.05, 0.1) is 6.61 Å². The van der Waals surface area contributed by atoms with Crippen molar-refractivity contribution in [2.24, 2.45) is 5.73 Å². The standard InChI is InChI=1S/C10H19NO6S/c1-18-3-2-6(11)10(16)17-8(5-13)9(15)7(14)4-12/h5-9,12,14-15H,2-4,11H2,1H3/t6-,7+,8-,9+/m0/s1. The molecule has 8 heteroatoms. The van der Waals surface area contributed by atoms with Crippen LogP contribution in [0.3, 0.4) is 0 Å². The fraction of sp³-hybridized carbons (Fsp3) is 0.800. The molecule has 5 N–H and O–H groups in total. The van der Waals surface area contributed by atoms with Crippen LogP contribution in [0.25, 0.3) is 0 Å². The Hall–Kier alpha value is -0.670. The Bertz CT molecular complexity index is 265. The molecule has 106 valence electrons. The lowest BCUT2D eigenvalue weighted by Crippen LogP contribution is -2.45. The Labute approximate surface area is 109 Å². The first-order chi connectivity index (χ1) is 8.47. The summed E-state index contributed by atoms with van der Waals surface area (Å²) >= 11 is 1.51. The van der Waals surface area contributed by atoms with Crippen LogP contribution in [-0.4, -0.2) is 70.5 Å². The summed E-state index contributed by atoms with van der Waals surface area (Å²) in [7, 11) is 0. The molecule has 0 amide bonds. The Morgan fingerprint density at radius 3 is 2.56 bits per heavy atom. The van der Waals surface area contributed by atoms with Crippen molar-refractivity contribution >= 4 is 24.0 Å². The van der Waals surface area contributed by atoms with Crippen molar-refractivity contribution in [1.29, 1.82) is 0 Å². The number of nitrogens with two attached hydrogens (primary N) is 1. The van der Waals surface area contributed by atoms with Gasteiger partial charge in [-0.3, -0.25) is 9.59 Å². The first-order valence-corrected chi connectivity index (χ1v) is 6.74. The number of aldehydes is 1. The number of aliphatic hydroxyl groups excluding tert-OH is 3. The minimum atomic E-state index is -1.68. The van der Waals surface area contributed by atoms with E-state index in [1.54, 1.807) is 0 Å². The first kappa shape index (κ1) is 17.3. The van der Waals surface area contributed by atoms with E-state index in [1.807, 2.05) is 6.26 Å². The average Bonchev–Trinajstić information content (AvgIpc) is 2.39. The molecule has 0 aromatic rings.